The molecule has 0 radical (unpaired) electrons. The van der Waals surface area contributed by atoms with E-state index in [4.69, 9.17) is 12.2 Å². The van der Waals surface area contributed by atoms with Gasteiger partial charge < -0.3 is 15.5 Å². The van der Waals surface area contributed by atoms with Gasteiger partial charge in [-0.1, -0.05) is 35.0 Å². The minimum absolute atomic E-state index is 0.149. The summed E-state index contributed by atoms with van der Waals surface area (Å²) in [7, 11) is 0. The predicted octanol–water partition coefficient (Wildman–Crippen LogP) is 6.04. The first kappa shape index (κ1) is 20.2. The Balaban J connectivity index is 1.57. The number of aryl methyl sites for hydroxylation is 1. The number of piperidine rings is 1. The molecule has 0 saturated carbocycles. The van der Waals surface area contributed by atoms with Gasteiger partial charge in [0, 0.05) is 28.9 Å². The fraction of sp³-hybridized carbons (Fsp3) is 0.409. The molecule has 0 bridgehead atoms. The number of halogens is 1. The van der Waals surface area contributed by atoms with Crippen molar-refractivity contribution >= 4 is 44.6 Å². The van der Waals surface area contributed by atoms with E-state index in [2.05, 4.69) is 82.6 Å². The molecule has 2 aromatic rings. The fourth-order valence-corrected chi connectivity index (χ4v) is 4.11. The Hall–Kier alpha value is -1.59. The van der Waals surface area contributed by atoms with Crippen molar-refractivity contribution in [2.45, 2.75) is 39.7 Å². The van der Waals surface area contributed by atoms with Gasteiger partial charge in [0.15, 0.2) is 5.11 Å². The van der Waals surface area contributed by atoms with E-state index in [9.17, 15) is 0 Å². The smallest absolute Gasteiger partial charge is 0.171 e. The standard InChI is InChI=1S/C22H28BrN3S/c1-15-5-4-12-26(14-15)20-9-6-18(7-10-20)17(3)24-22(27)25-19-8-11-21(23)16(2)13-19/h6-11,13,15,17H,4-5,12,14H2,1-3H3,(H2,24,25,27). The van der Waals surface area contributed by atoms with Gasteiger partial charge in [-0.25, -0.2) is 0 Å². The number of anilines is 2. The summed E-state index contributed by atoms with van der Waals surface area (Å²) >= 11 is 9.01. The first-order valence-electron chi connectivity index (χ1n) is 9.61. The number of hydrogen-bond donors (Lipinski definition) is 2. The van der Waals surface area contributed by atoms with E-state index in [1.54, 1.807) is 0 Å². The summed E-state index contributed by atoms with van der Waals surface area (Å²) in [5.41, 5.74) is 4.73. The number of rotatable bonds is 4. The second-order valence-corrected chi connectivity index (χ2v) is 8.83. The highest BCUT2D eigenvalue weighted by atomic mass is 79.9. The molecular weight excluding hydrogens is 418 g/mol. The van der Waals surface area contributed by atoms with Crippen molar-refractivity contribution in [2.24, 2.45) is 5.92 Å². The molecule has 1 aliphatic heterocycles. The van der Waals surface area contributed by atoms with Crippen LogP contribution in [0, 0.1) is 12.8 Å². The molecule has 5 heteroatoms. The normalized spacial score (nSPS) is 18.1. The second kappa shape index (κ2) is 9.07. The fourth-order valence-electron chi connectivity index (χ4n) is 3.57. The van der Waals surface area contributed by atoms with E-state index in [0.717, 1.165) is 29.2 Å². The lowest BCUT2D eigenvalue weighted by atomic mass is 9.99. The third-order valence-corrected chi connectivity index (χ3v) is 6.29. The van der Waals surface area contributed by atoms with Gasteiger partial charge in [-0.05, 0) is 86.3 Å². The largest absolute Gasteiger partial charge is 0.371 e. The van der Waals surface area contributed by atoms with Crippen LogP contribution in [0.15, 0.2) is 46.9 Å². The molecule has 1 saturated heterocycles. The summed E-state index contributed by atoms with van der Waals surface area (Å²) in [5.74, 6) is 0.782. The molecule has 3 rings (SSSR count). The third kappa shape index (κ3) is 5.45. The molecule has 1 heterocycles. The Kier molecular flexibility index (Phi) is 6.77. The maximum atomic E-state index is 5.49. The predicted molar refractivity (Wildman–Crippen MR) is 124 cm³/mol. The van der Waals surface area contributed by atoms with Crippen LogP contribution in [0.5, 0.6) is 0 Å². The van der Waals surface area contributed by atoms with Crippen LogP contribution in [0.25, 0.3) is 0 Å². The SMILES string of the molecule is Cc1cc(NC(=S)NC(C)c2ccc(N3CCCC(C)C3)cc2)ccc1Br. The molecule has 3 nitrogen and oxygen atoms in total. The average Bonchev–Trinajstić information content (AvgIpc) is 2.65. The lowest BCUT2D eigenvalue weighted by molar-refractivity contribution is 0.447. The number of benzene rings is 2. The van der Waals surface area contributed by atoms with Gasteiger partial charge in [-0.3, -0.25) is 0 Å². The molecule has 2 atom stereocenters. The maximum absolute atomic E-state index is 5.49. The lowest BCUT2D eigenvalue weighted by Crippen LogP contribution is -2.34. The highest BCUT2D eigenvalue weighted by Crippen LogP contribution is 2.25. The molecule has 2 aromatic carbocycles. The number of thiocarbonyl (C=S) groups is 1. The molecule has 1 aliphatic rings. The average molecular weight is 446 g/mol. The van der Waals surface area contributed by atoms with Crippen molar-refractivity contribution in [2.75, 3.05) is 23.3 Å². The molecule has 2 N–H and O–H groups in total. The monoisotopic (exact) mass is 445 g/mol. The van der Waals surface area contributed by atoms with E-state index in [0.29, 0.717) is 5.11 Å². The van der Waals surface area contributed by atoms with Gasteiger partial charge in [0.1, 0.15) is 0 Å². The van der Waals surface area contributed by atoms with Gasteiger partial charge >= 0.3 is 0 Å². The van der Waals surface area contributed by atoms with E-state index in [1.807, 2.05) is 12.1 Å². The second-order valence-electron chi connectivity index (χ2n) is 7.57. The quantitative estimate of drug-likeness (QED) is 0.560. The molecule has 0 amide bonds. The minimum Gasteiger partial charge on any atom is -0.371 e. The van der Waals surface area contributed by atoms with Gasteiger partial charge in [0.25, 0.3) is 0 Å². The van der Waals surface area contributed by atoms with E-state index >= 15 is 0 Å². The van der Waals surface area contributed by atoms with Crippen LogP contribution in [0.2, 0.25) is 0 Å². The van der Waals surface area contributed by atoms with Crippen molar-refractivity contribution in [3.63, 3.8) is 0 Å². The van der Waals surface area contributed by atoms with Crippen LogP contribution in [-0.2, 0) is 0 Å². The molecule has 144 valence electrons. The molecule has 0 aliphatic carbocycles. The van der Waals surface area contributed by atoms with Gasteiger partial charge in [-0.2, -0.15) is 0 Å². The van der Waals surface area contributed by atoms with Gasteiger partial charge in [0.05, 0.1) is 6.04 Å². The van der Waals surface area contributed by atoms with Crippen LogP contribution in [0.3, 0.4) is 0 Å². The summed E-state index contributed by atoms with van der Waals surface area (Å²) in [6.45, 7) is 8.87. The van der Waals surface area contributed by atoms with E-state index in [1.165, 1.54) is 29.7 Å². The van der Waals surface area contributed by atoms with Crippen molar-refractivity contribution in [3.05, 3.63) is 58.1 Å². The minimum atomic E-state index is 0.149. The Bertz CT molecular complexity index is 791. The van der Waals surface area contributed by atoms with Crippen LogP contribution in [0.1, 0.15) is 43.9 Å². The molecule has 0 aromatic heterocycles. The molecule has 2 unspecified atom stereocenters. The van der Waals surface area contributed by atoms with Gasteiger partial charge in [0.2, 0.25) is 0 Å². The van der Waals surface area contributed by atoms with Crippen molar-refractivity contribution in [1.29, 1.82) is 0 Å². The molecule has 27 heavy (non-hydrogen) atoms. The Morgan fingerprint density at radius 3 is 2.63 bits per heavy atom. The molecular formula is C22H28BrN3S. The number of nitrogens with zero attached hydrogens (tertiary/aromatic N) is 1. The summed E-state index contributed by atoms with van der Waals surface area (Å²) in [4.78, 5) is 2.50. The first-order valence-corrected chi connectivity index (χ1v) is 10.8. The molecule has 1 fully saturated rings. The third-order valence-electron chi connectivity index (χ3n) is 5.18. The van der Waals surface area contributed by atoms with E-state index in [-0.39, 0.29) is 6.04 Å². The summed E-state index contributed by atoms with van der Waals surface area (Å²) in [6, 6.07) is 15.2. The summed E-state index contributed by atoms with van der Waals surface area (Å²) in [5, 5.41) is 7.29. The van der Waals surface area contributed by atoms with Crippen molar-refractivity contribution in [3.8, 4) is 0 Å². The lowest BCUT2D eigenvalue weighted by Gasteiger charge is -2.33. The Morgan fingerprint density at radius 1 is 1.22 bits per heavy atom. The zero-order chi connectivity index (χ0) is 19.4. The summed E-state index contributed by atoms with van der Waals surface area (Å²) in [6.07, 6.45) is 2.63. The first-order chi connectivity index (χ1) is 12.9. The number of nitrogens with one attached hydrogen (secondary N) is 2. The van der Waals surface area contributed by atoms with Crippen LogP contribution < -0.4 is 15.5 Å². The van der Waals surface area contributed by atoms with Crippen molar-refractivity contribution < 1.29 is 0 Å². The van der Waals surface area contributed by atoms with Gasteiger partial charge in [-0.15, -0.1) is 0 Å². The van der Waals surface area contributed by atoms with Crippen LogP contribution in [0.4, 0.5) is 11.4 Å². The number of hydrogen-bond acceptors (Lipinski definition) is 2. The van der Waals surface area contributed by atoms with E-state index < -0.39 is 0 Å². The maximum Gasteiger partial charge on any atom is 0.171 e. The Labute approximate surface area is 176 Å². The molecule has 0 spiro atoms. The van der Waals surface area contributed by atoms with Crippen molar-refractivity contribution in [1.82, 2.24) is 5.32 Å². The topological polar surface area (TPSA) is 27.3 Å². The zero-order valence-electron chi connectivity index (χ0n) is 16.3. The zero-order valence-corrected chi connectivity index (χ0v) is 18.7. The summed E-state index contributed by atoms with van der Waals surface area (Å²) < 4.78 is 1.10. The highest BCUT2D eigenvalue weighted by Gasteiger charge is 2.17. The Morgan fingerprint density at radius 2 is 1.96 bits per heavy atom. The highest BCUT2D eigenvalue weighted by molar-refractivity contribution is 9.10. The van der Waals surface area contributed by atoms with Crippen LogP contribution >= 0.6 is 28.1 Å². The van der Waals surface area contributed by atoms with Crippen LogP contribution in [-0.4, -0.2) is 18.2 Å².